The summed E-state index contributed by atoms with van der Waals surface area (Å²) in [7, 11) is 2.64. The number of hydrogen-bond donors (Lipinski definition) is 0. The molecule has 1 heterocycles. The van der Waals surface area contributed by atoms with E-state index in [0.717, 1.165) is 5.56 Å². The van der Waals surface area contributed by atoms with E-state index in [2.05, 4.69) is 14.5 Å². The van der Waals surface area contributed by atoms with E-state index < -0.39 is 5.97 Å². The highest BCUT2D eigenvalue weighted by Crippen LogP contribution is 2.04. The van der Waals surface area contributed by atoms with Crippen molar-refractivity contribution in [1.29, 1.82) is 0 Å². The van der Waals surface area contributed by atoms with Gasteiger partial charge >= 0.3 is 11.9 Å². The van der Waals surface area contributed by atoms with E-state index in [-0.39, 0.29) is 18.1 Å². The second-order valence-corrected chi connectivity index (χ2v) is 3.15. The predicted molar refractivity (Wildman–Crippen MR) is 61.2 cm³/mol. The predicted octanol–water partition coefficient (Wildman–Crippen LogP) is 1.44. The van der Waals surface area contributed by atoms with Gasteiger partial charge in [-0.1, -0.05) is 18.2 Å². The van der Waals surface area contributed by atoms with Gasteiger partial charge in [-0.2, -0.15) is 0 Å². The lowest BCUT2D eigenvalue weighted by Gasteiger charge is -1.98. The number of aromatic nitrogens is 1. The topological polar surface area (TPSA) is 65.5 Å². The molecule has 0 N–H and O–H groups in total. The number of rotatable bonds is 4. The van der Waals surface area contributed by atoms with E-state index in [0.29, 0.717) is 0 Å². The van der Waals surface area contributed by atoms with Crippen LogP contribution in [0.2, 0.25) is 0 Å². The molecule has 5 nitrogen and oxygen atoms in total. The van der Waals surface area contributed by atoms with Crippen molar-refractivity contribution in [2.45, 2.75) is 6.42 Å². The first kappa shape index (κ1) is 12.9. The van der Waals surface area contributed by atoms with Gasteiger partial charge in [0.05, 0.1) is 20.6 Å². The minimum Gasteiger partial charge on any atom is -0.469 e. The highest BCUT2D eigenvalue weighted by Gasteiger charge is 2.05. The summed E-state index contributed by atoms with van der Waals surface area (Å²) in [5, 5.41) is 0. The summed E-state index contributed by atoms with van der Waals surface area (Å²) in [6, 6.07) is 3.27. The lowest BCUT2D eigenvalue weighted by molar-refractivity contribution is -0.139. The van der Waals surface area contributed by atoms with Crippen molar-refractivity contribution in [1.82, 2.24) is 4.98 Å². The normalized spacial score (nSPS) is 10.2. The third-order valence-corrected chi connectivity index (χ3v) is 2.00. The van der Waals surface area contributed by atoms with Crippen molar-refractivity contribution < 1.29 is 19.1 Å². The van der Waals surface area contributed by atoms with Crippen LogP contribution in [0.4, 0.5) is 0 Å². The first-order chi connectivity index (χ1) is 8.17. The Balaban J connectivity index is 2.62. The Hall–Kier alpha value is -2.17. The van der Waals surface area contributed by atoms with Crippen LogP contribution in [0, 0.1) is 0 Å². The lowest BCUT2D eigenvalue weighted by atomic mass is 10.2. The van der Waals surface area contributed by atoms with Gasteiger partial charge in [-0.15, -0.1) is 0 Å². The van der Waals surface area contributed by atoms with Crippen LogP contribution < -0.4 is 0 Å². The Bertz CT molecular complexity index is 423. The maximum absolute atomic E-state index is 11.1. The van der Waals surface area contributed by atoms with Crippen LogP contribution in [-0.4, -0.2) is 31.1 Å². The first-order valence-corrected chi connectivity index (χ1v) is 4.95. The molecule has 0 fully saturated rings. The molecule has 0 aliphatic rings. The van der Waals surface area contributed by atoms with E-state index >= 15 is 0 Å². The molecule has 0 spiro atoms. The zero-order valence-electron chi connectivity index (χ0n) is 9.67. The molecule has 5 heteroatoms. The van der Waals surface area contributed by atoms with Crippen LogP contribution in [0.5, 0.6) is 0 Å². The van der Waals surface area contributed by atoms with E-state index in [1.54, 1.807) is 24.3 Å². The monoisotopic (exact) mass is 235 g/mol. The molecule has 0 atom stereocenters. The molecular formula is C12H13NO4. The van der Waals surface area contributed by atoms with Gasteiger partial charge in [0.1, 0.15) is 5.69 Å². The second kappa shape index (κ2) is 6.42. The van der Waals surface area contributed by atoms with Crippen LogP contribution in [-0.2, 0) is 14.3 Å². The molecule has 1 rings (SSSR count). The number of carbonyl (C=O) groups is 2. The molecule has 1 aromatic heterocycles. The number of ether oxygens (including phenoxy) is 2. The molecule has 17 heavy (non-hydrogen) atoms. The largest absolute Gasteiger partial charge is 0.469 e. The van der Waals surface area contributed by atoms with Gasteiger partial charge in [0, 0.05) is 6.20 Å². The van der Waals surface area contributed by atoms with Crippen LogP contribution >= 0.6 is 0 Å². The maximum atomic E-state index is 11.1. The van der Waals surface area contributed by atoms with Gasteiger partial charge < -0.3 is 9.47 Å². The SMILES string of the molecule is COC(=O)CC=Cc1ccc(C(=O)OC)nc1. The average molecular weight is 235 g/mol. The number of methoxy groups -OCH3 is 2. The molecule has 0 aromatic carbocycles. The Morgan fingerprint density at radius 2 is 2.06 bits per heavy atom. The third-order valence-electron chi connectivity index (χ3n) is 2.00. The fourth-order valence-electron chi connectivity index (χ4n) is 1.10. The molecule has 0 aliphatic heterocycles. The highest BCUT2D eigenvalue weighted by atomic mass is 16.5. The third kappa shape index (κ3) is 4.06. The summed E-state index contributed by atoms with van der Waals surface area (Å²) in [4.78, 5) is 25.9. The molecule has 0 amide bonds. The van der Waals surface area contributed by atoms with Crippen LogP contribution in [0.25, 0.3) is 6.08 Å². The lowest BCUT2D eigenvalue weighted by Crippen LogP contribution is -2.03. The van der Waals surface area contributed by atoms with Crippen molar-refractivity contribution in [2.24, 2.45) is 0 Å². The van der Waals surface area contributed by atoms with Crippen molar-refractivity contribution in [2.75, 3.05) is 14.2 Å². The van der Waals surface area contributed by atoms with Gasteiger partial charge in [-0.25, -0.2) is 9.78 Å². The standard InChI is InChI=1S/C12H13NO4/c1-16-11(14)5-3-4-9-6-7-10(13-8-9)12(15)17-2/h3-4,6-8H,5H2,1-2H3. The Morgan fingerprint density at radius 1 is 1.29 bits per heavy atom. The molecule has 0 unspecified atom stereocenters. The fraction of sp³-hybridized carbons (Fsp3) is 0.250. The number of esters is 2. The highest BCUT2D eigenvalue weighted by molar-refractivity contribution is 5.87. The molecule has 0 saturated heterocycles. The number of hydrogen-bond acceptors (Lipinski definition) is 5. The number of nitrogens with zero attached hydrogens (tertiary/aromatic N) is 1. The molecule has 1 aromatic rings. The Morgan fingerprint density at radius 3 is 2.59 bits per heavy atom. The van der Waals surface area contributed by atoms with Crippen molar-refractivity contribution in [3.05, 3.63) is 35.7 Å². The molecule has 0 bridgehead atoms. The molecule has 90 valence electrons. The summed E-state index contributed by atoms with van der Waals surface area (Å²) >= 11 is 0. The summed E-state index contributed by atoms with van der Waals surface area (Å²) in [6.45, 7) is 0. The Kier molecular flexibility index (Phi) is 4.87. The molecular weight excluding hydrogens is 222 g/mol. The second-order valence-electron chi connectivity index (χ2n) is 3.15. The number of pyridine rings is 1. The van der Waals surface area contributed by atoms with E-state index in [4.69, 9.17) is 0 Å². The van der Waals surface area contributed by atoms with Gasteiger partial charge in [-0.3, -0.25) is 4.79 Å². The average Bonchev–Trinajstić information content (AvgIpc) is 2.38. The van der Waals surface area contributed by atoms with Crippen LogP contribution in [0.1, 0.15) is 22.5 Å². The zero-order valence-corrected chi connectivity index (χ0v) is 9.67. The number of carbonyl (C=O) groups excluding carboxylic acids is 2. The fourth-order valence-corrected chi connectivity index (χ4v) is 1.10. The van der Waals surface area contributed by atoms with Gasteiger partial charge in [-0.05, 0) is 11.6 Å². The van der Waals surface area contributed by atoms with Crippen molar-refractivity contribution >= 4 is 18.0 Å². The summed E-state index contributed by atoms with van der Waals surface area (Å²) in [6.07, 6.45) is 5.13. The molecule has 0 saturated carbocycles. The first-order valence-electron chi connectivity index (χ1n) is 4.95. The molecule has 0 aliphatic carbocycles. The van der Waals surface area contributed by atoms with E-state index in [1.165, 1.54) is 20.4 Å². The van der Waals surface area contributed by atoms with E-state index in [1.807, 2.05) is 0 Å². The minimum atomic E-state index is -0.477. The molecule has 0 radical (unpaired) electrons. The van der Waals surface area contributed by atoms with Crippen molar-refractivity contribution in [3.63, 3.8) is 0 Å². The van der Waals surface area contributed by atoms with Gasteiger partial charge in [0.25, 0.3) is 0 Å². The minimum absolute atomic E-state index is 0.204. The quantitative estimate of drug-likeness (QED) is 0.739. The zero-order chi connectivity index (χ0) is 12.7. The summed E-state index contributed by atoms with van der Waals surface area (Å²) < 4.78 is 9.01. The summed E-state index contributed by atoms with van der Waals surface area (Å²) in [5.74, 6) is -0.782. The van der Waals surface area contributed by atoms with Crippen LogP contribution in [0.3, 0.4) is 0 Å². The maximum Gasteiger partial charge on any atom is 0.356 e. The smallest absolute Gasteiger partial charge is 0.356 e. The van der Waals surface area contributed by atoms with Gasteiger partial charge in [0.2, 0.25) is 0 Å². The van der Waals surface area contributed by atoms with Crippen LogP contribution in [0.15, 0.2) is 24.4 Å². The van der Waals surface area contributed by atoms with E-state index in [9.17, 15) is 9.59 Å². The van der Waals surface area contributed by atoms with Gasteiger partial charge in [0.15, 0.2) is 0 Å². The summed E-state index contributed by atoms with van der Waals surface area (Å²) in [5.41, 5.74) is 1.04. The van der Waals surface area contributed by atoms with Crippen molar-refractivity contribution in [3.8, 4) is 0 Å². The Labute approximate surface area is 99.1 Å².